The summed E-state index contributed by atoms with van der Waals surface area (Å²) in [4.78, 5) is 47.8. The van der Waals surface area contributed by atoms with Crippen LogP contribution in [0.5, 0.6) is 0 Å². The van der Waals surface area contributed by atoms with Gasteiger partial charge in [0.15, 0.2) is 0 Å². The summed E-state index contributed by atoms with van der Waals surface area (Å²) in [6.45, 7) is 6.33. The van der Waals surface area contributed by atoms with Crippen molar-refractivity contribution < 1.29 is 23.9 Å². The zero-order valence-corrected chi connectivity index (χ0v) is 13.9. The molecule has 1 saturated heterocycles. The predicted octanol–water partition coefficient (Wildman–Crippen LogP) is -0.776. The summed E-state index contributed by atoms with van der Waals surface area (Å²) < 4.78 is 5.25. The number of hydrogen-bond acceptors (Lipinski definition) is 6. The summed E-state index contributed by atoms with van der Waals surface area (Å²) in [6, 6.07) is -0.898. The summed E-state index contributed by atoms with van der Waals surface area (Å²) in [7, 11) is 0. The largest absolute Gasteiger partial charge is 0.458 e. The van der Waals surface area contributed by atoms with Gasteiger partial charge in [-0.25, -0.2) is 4.79 Å². The molecule has 1 unspecified atom stereocenters. The van der Waals surface area contributed by atoms with E-state index in [1.807, 2.05) is 0 Å². The molecule has 1 heterocycles. The van der Waals surface area contributed by atoms with Gasteiger partial charge in [0, 0.05) is 19.5 Å². The van der Waals surface area contributed by atoms with Crippen LogP contribution in [0.4, 0.5) is 0 Å². The Labute approximate surface area is 135 Å². The molecule has 130 valence electrons. The van der Waals surface area contributed by atoms with Crippen molar-refractivity contribution in [2.24, 2.45) is 0 Å². The lowest BCUT2D eigenvalue weighted by Crippen LogP contribution is -2.53. The SMILES string of the molecule is CC(C)(C)OC(=O)C(CCC=O)NC(=O)CN1CCNCC1=O. The third-order valence-electron chi connectivity index (χ3n) is 3.12. The highest BCUT2D eigenvalue weighted by Gasteiger charge is 2.28. The quantitative estimate of drug-likeness (QED) is 0.470. The van der Waals surface area contributed by atoms with Gasteiger partial charge in [-0.3, -0.25) is 9.59 Å². The molecule has 0 aromatic carbocycles. The molecule has 2 amide bonds. The Bertz CT molecular complexity index is 459. The molecule has 0 aromatic rings. The molecule has 1 fully saturated rings. The second kappa shape index (κ2) is 8.61. The molecule has 0 bridgehead atoms. The van der Waals surface area contributed by atoms with Crippen molar-refractivity contribution in [2.75, 3.05) is 26.2 Å². The molecular formula is C15H25N3O5. The van der Waals surface area contributed by atoms with Crippen LogP contribution in [0.2, 0.25) is 0 Å². The number of carbonyl (C=O) groups excluding carboxylic acids is 4. The van der Waals surface area contributed by atoms with Crippen LogP contribution >= 0.6 is 0 Å². The first kappa shape index (κ1) is 19.1. The van der Waals surface area contributed by atoms with Crippen LogP contribution in [0.1, 0.15) is 33.6 Å². The molecule has 0 aliphatic carbocycles. The number of ether oxygens (including phenoxy) is 1. The van der Waals surface area contributed by atoms with Gasteiger partial charge in [0.05, 0.1) is 13.1 Å². The Morgan fingerprint density at radius 2 is 2.13 bits per heavy atom. The molecule has 8 nitrogen and oxygen atoms in total. The molecule has 0 radical (unpaired) electrons. The minimum Gasteiger partial charge on any atom is -0.458 e. The molecule has 0 aromatic heterocycles. The lowest BCUT2D eigenvalue weighted by Gasteiger charge is -2.28. The number of aldehydes is 1. The van der Waals surface area contributed by atoms with E-state index < -0.39 is 23.5 Å². The third-order valence-corrected chi connectivity index (χ3v) is 3.12. The second-order valence-electron chi connectivity index (χ2n) is 6.39. The highest BCUT2D eigenvalue weighted by Crippen LogP contribution is 2.10. The van der Waals surface area contributed by atoms with E-state index in [1.165, 1.54) is 4.90 Å². The van der Waals surface area contributed by atoms with E-state index in [4.69, 9.17) is 4.74 Å². The van der Waals surface area contributed by atoms with Crippen LogP contribution in [0, 0.1) is 0 Å². The summed E-state index contributed by atoms with van der Waals surface area (Å²) >= 11 is 0. The van der Waals surface area contributed by atoms with E-state index in [9.17, 15) is 19.2 Å². The number of amides is 2. The van der Waals surface area contributed by atoms with Crippen LogP contribution < -0.4 is 10.6 Å². The van der Waals surface area contributed by atoms with Crippen molar-refractivity contribution in [3.8, 4) is 0 Å². The van der Waals surface area contributed by atoms with Gasteiger partial charge in [0.25, 0.3) is 0 Å². The van der Waals surface area contributed by atoms with Gasteiger partial charge in [0.2, 0.25) is 11.8 Å². The first-order valence-electron chi connectivity index (χ1n) is 7.67. The van der Waals surface area contributed by atoms with Gasteiger partial charge in [-0.1, -0.05) is 0 Å². The van der Waals surface area contributed by atoms with Crippen molar-refractivity contribution in [3.05, 3.63) is 0 Å². The van der Waals surface area contributed by atoms with Crippen LogP contribution in [0.15, 0.2) is 0 Å². The zero-order chi connectivity index (χ0) is 17.5. The van der Waals surface area contributed by atoms with E-state index in [-0.39, 0.29) is 31.8 Å². The summed E-state index contributed by atoms with van der Waals surface area (Å²) in [5.41, 5.74) is -0.685. The maximum absolute atomic E-state index is 12.1. The number of piperazine rings is 1. The maximum atomic E-state index is 12.1. The van der Waals surface area contributed by atoms with Crippen molar-refractivity contribution in [1.29, 1.82) is 0 Å². The van der Waals surface area contributed by atoms with Gasteiger partial charge < -0.3 is 25.1 Å². The normalized spacial score (nSPS) is 16.7. The molecule has 0 spiro atoms. The maximum Gasteiger partial charge on any atom is 0.329 e. The Morgan fingerprint density at radius 3 is 2.70 bits per heavy atom. The molecule has 1 rings (SSSR count). The molecule has 23 heavy (non-hydrogen) atoms. The standard InChI is InChI=1S/C15H25N3O5/c1-15(2,3)23-14(22)11(5-4-8-19)17-12(20)10-18-7-6-16-9-13(18)21/h8,11,16H,4-7,9-10H2,1-3H3,(H,17,20). The Morgan fingerprint density at radius 1 is 1.43 bits per heavy atom. The predicted molar refractivity (Wildman–Crippen MR) is 82.5 cm³/mol. The molecule has 1 aliphatic heterocycles. The van der Waals surface area contributed by atoms with Gasteiger partial charge >= 0.3 is 5.97 Å². The van der Waals surface area contributed by atoms with E-state index in [0.29, 0.717) is 19.4 Å². The number of nitrogens with one attached hydrogen (secondary N) is 2. The van der Waals surface area contributed by atoms with Gasteiger partial charge in [-0.2, -0.15) is 0 Å². The lowest BCUT2D eigenvalue weighted by atomic mass is 10.1. The fourth-order valence-electron chi connectivity index (χ4n) is 2.08. The van der Waals surface area contributed by atoms with E-state index >= 15 is 0 Å². The molecule has 0 saturated carbocycles. The monoisotopic (exact) mass is 327 g/mol. The first-order valence-corrected chi connectivity index (χ1v) is 7.67. The fourth-order valence-corrected chi connectivity index (χ4v) is 2.08. The number of esters is 1. The Kier molecular flexibility index (Phi) is 7.15. The summed E-state index contributed by atoms with van der Waals surface area (Å²) in [5, 5.41) is 5.47. The van der Waals surface area contributed by atoms with Gasteiger partial charge in [0.1, 0.15) is 17.9 Å². The molecule has 8 heteroatoms. The molecular weight excluding hydrogens is 302 g/mol. The lowest BCUT2D eigenvalue weighted by molar-refractivity contribution is -0.159. The first-order chi connectivity index (χ1) is 10.7. The van der Waals surface area contributed by atoms with Crippen LogP contribution in [-0.2, 0) is 23.9 Å². The van der Waals surface area contributed by atoms with Crippen molar-refractivity contribution in [2.45, 2.75) is 45.3 Å². The van der Waals surface area contributed by atoms with Crippen LogP contribution in [0.3, 0.4) is 0 Å². The molecule has 1 aliphatic rings. The minimum atomic E-state index is -0.898. The smallest absolute Gasteiger partial charge is 0.329 e. The average molecular weight is 327 g/mol. The molecule has 2 N–H and O–H groups in total. The number of rotatable bonds is 7. The zero-order valence-electron chi connectivity index (χ0n) is 13.9. The Balaban J connectivity index is 2.60. The van der Waals surface area contributed by atoms with Crippen molar-refractivity contribution >= 4 is 24.1 Å². The van der Waals surface area contributed by atoms with Crippen LogP contribution in [-0.4, -0.2) is 66.8 Å². The van der Waals surface area contributed by atoms with E-state index in [0.717, 1.165) is 0 Å². The average Bonchev–Trinajstić information content (AvgIpc) is 2.44. The van der Waals surface area contributed by atoms with Gasteiger partial charge in [-0.15, -0.1) is 0 Å². The van der Waals surface area contributed by atoms with E-state index in [1.54, 1.807) is 20.8 Å². The number of nitrogens with zero attached hydrogens (tertiary/aromatic N) is 1. The highest BCUT2D eigenvalue weighted by molar-refractivity contribution is 5.89. The van der Waals surface area contributed by atoms with Gasteiger partial charge in [-0.05, 0) is 27.2 Å². The molecule has 1 atom stereocenters. The van der Waals surface area contributed by atoms with Crippen LogP contribution in [0.25, 0.3) is 0 Å². The van der Waals surface area contributed by atoms with Crippen molar-refractivity contribution in [1.82, 2.24) is 15.5 Å². The minimum absolute atomic E-state index is 0.110. The summed E-state index contributed by atoms with van der Waals surface area (Å²) in [6.07, 6.45) is 0.986. The highest BCUT2D eigenvalue weighted by atomic mass is 16.6. The number of hydrogen-bond donors (Lipinski definition) is 2. The second-order valence-corrected chi connectivity index (χ2v) is 6.39. The van der Waals surface area contributed by atoms with E-state index in [2.05, 4.69) is 10.6 Å². The third kappa shape index (κ3) is 7.23. The van der Waals surface area contributed by atoms with Crippen molar-refractivity contribution in [3.63, 3.8) is 0 Å². The summed E-state index contributed by atoms with van der Waals surface area (Å²) in [5.74, 6) is -1.19. The Hall–Kier alpha value is -1.96. The fraction of sp³-hybridized carbons (Fsp3) is 0.733. The topological polar surface area (TPSA) is 105 Å². The number of carbonyl (C=O) groups is 4.